The Hall–Kier alpha value is -1.35. The van der Waals surface area contributed by atoms with Gasteiger partial charge in [0.1, 0.15) is 0 Å². The van der Waals surface area contributed by atoms with Crippen molar-refractivity contribution in [1.82, 2.24) is 10.2 Å². The van der Waals surface area contributed by atoms with Gasteiger partial charge in [-0.1, -0.05) is 53.2 Å². The minimum atomic E-state index is -0.228. The predicted octanol–water partition coefficient (Wildman–Crippen LogP) is 3.92. The first kappa shape index (κ1) is 18.0. The van der Waals surface area contributed by atoms with E-state index in [-0.39, 0.29) is 17.6 Å². The van der Waals surface area contributed by atoms with Gasteiger partial charge < -0.3 is 10.6 Å². The van der Waals surface area contributed by atoms with Crippen molar-refractivity contribution in [3.05, 3.63) is 28.2 Å². The Balaban J connectivity index is 1.85. The second-order valence-electron chi connectivity index (χ2n) is 4.24. The normalized spacial score (nSPS) is 10.4. The van der Waals surface area contributed by atoms with E-state index in [9.17, 15) is 9.59 Å². The number of benzene rings is 1. The van der Waals surface area contributed by atoms with Crippen LogP contribution >= 0.6 is 46.3 Å². The number of carbonyl (C=O) groups is 2. The number of rotatable bonds is 6. The third kappa shape index (κ3) is 5.65. The van der Waals surface area contributed by atoms with Crippen LogP contribution in [0.3, 0.4) is 0 Å². The number of carbonyl (C=O) groups excluding carboxylic acids is 2. The van der Waals surface area contributed by atoms with Crippen molar-refractivity contribution in [2.24, 2.45) is 0 Å². The maximum absolute atomic E-state index is 11.9. The van der Waals surface area contributed by atoms with E-state index in [1.807, 2.05) is 0 Å². The van der Waals surface area contributed by atoms with Gasteiger partial charge in [-0.15, -0.1) is 10.2 Å². The number of aromatic nitrogens is 2. The molecule has 0 bridgehead atoms. The Kier molecular flexibility index (Phi) is 6.64. The largest absolute Gasteiger partial charge is 0.324 e. The van der Waals surface area contributed by atoms with Crippen LogP contribution in [0.2, 0.25) is 10.0 Å². The highest BCUT2D eigenvalue weighted by Gasteiger charge is 2.11. The third-order valence-corrected chi connectivity index (χ3v) is 5.03. The SMILES string of the molecule is CCC(=O)Nc1nnc(SCC(=O)Nc2ccc(Cl)cc2Cl)s1. The predicted molar refractivity (Wildman–Crippen MR) is 94.6 cm³/mol. The van der Waals surface area contributed by atoms with E-state index in [1.165, 1.54) is 23.1 Å². The van der Waals surface area contributed by atoms with Crippen LogP contribution in [0, 0.1) is 0 Å². The van der Waals surface area contributed by atoms with E-state index in [4.69, 9.17) is 23.2 Å². The lowest BCUT2D eigenvalue weighted by Crippen LogP contribution is -2.14. The number of halogens is 2. The van der Waals surface area contributed by atoms with Crippen molar-refractivity contribution in [1.29, 1.82) is 0 Å². The summed E-state index contributed by atoms with van der Waals surface area (Å²) < 4.78 is 0.591. The molecule has 122 valence electrons. The maximum atomic E-state index is 11.9. The topological polar surface area (TPSA) is 84.0 Å². The van der Waals surface area contributed by atoms with Gasteiger partial charge in [0, 0.05) is 11.4 Å². The number of thioether (sulfide) groups is 1. The molecule has 1 aromatic carbocycles. The molecule has 0 fully saturated rings. The van der Waals surface area contributed by atoms with Crippen molar-refractivity contribution in [2.75, 3.05) is 16.4 Å². The summed E-state index contributed by atoms with van der Waals surface area (Å²) in [7, 11) is 0. The van der Waals surface area contributed by atoms with Crippen LogP contribution in [-0.2, 0) is 9.59 Å². The zero-order chi connectivity index (χ0) is 16.8. The lowest BCUT2D eigenvalue weighted by atomic mass is 10.3. The molecule has 1 heterocycles. The van der Waals surface area contributed by atoms with E-state index in [2.05, 4.69) is 20.8 Å². The standard InChI is InChI=1S/C13H12Cl2N4O2S2/c1-2-10(20)17-12-18-19-13(23-12)22-6-11(21)16-9-4-3-7(14)5-8(9)15/h3-5H,2,6H2,1H3,(H,16,21)(H,17,18,20). The summed E-state index contributed by atoms with van der Waals surface area (Å²) in [6, 6.07) is 4.83. The minimum Gasteiger partial charge on any atom is -0.324 e. The van der Waals surface area contributed by atoms with Crippen LogP contribution in [0.4, 0.5) is 10.8 Å². The minimum absolute atomic E-state index is 0.132. The van der Waals surface area contributed by atoms with Crippen molar-refractivity contribution >= 4 is 68.9 Å². The Labute approximate surface area is 151 Å². The van der Waals surface area contributed by atoms with Crippen molar-refractivity contribution < 1.29 is 9.59 Å². The van der Waals surface area contributed by atoms with Gasteiger partial charge in [0.2, 0.25) is 16.9 Å². The van der Waals surface area contributed by atoms with Crippen molar-refractivity contribution in [3.63, 3.8) is 0 Å². The molecule has 2 rings (SSSR count). The zero-order valence-corrected chi connectivity index (χ0v) is 15.1. The Morgan fingerprint density at radius 1 is 1.22 bits per heavy atom. The molecule has 0 aliphatic rings. The average molecular weight is 391 g/mol. The van der Waals surface area contributed by atoms with Crippen molar-refractivity contribution in [2.45, 2.75) is 17.7 Å². The monoisotopic (exact) mass is 390 g/mol. The van der Waals surface area contributed by atoms with Gasteiger partial charge in [-0.05, 0) is 18.2 Å². The molecule has 23 heavy (non-hydrogen) atoms. The molecule has 2 N–H and O–H groups in total. The first-order valence-electron chi connectivity index (χ1n) is 6.49. The fraction of sp³-hybridized carbons (Fsp3) is 0.231. The van der Waals surface area contributed by atoms with Crippen LogP contribution in [0.15, 0.2) is 22.5 Å². The van der Waals surface area contributed by atoms with E-state index in [0.717, 1.165) is 0 Å². The molecule has 2 aromatic rings. The number of anilines is 2. The third-order valence-electron chi connectivity index (χ3n) is 2.51. The molecular weight excluding hydrogens is 379 g/mol. The summed E-state index contributed by atoms with van der Waals surface area (Å²) in [5, 5.41) is 14.3. The van der Waals surface area contributed by atoms with Gasteiger partial charge in [-0.25, -0.2) is 0 Å². The number of amides is 2. The number of nitrogens with zero attached hydrogens (tertiary/aromatic N) is 2. The molecule has 0 radical (unpaired) electrons. The highest BCUT2D eigenvalue weighted by atomic mass is 35.5. The first-order valence-corrected chi connectivity index (χ1v) is 9.04. The van der Waals surface area contributed by atoms with Gasteiger partial charge >= 0.3 is 0 Å². The first-order chi connectivity index (χ1) is 11.0. The molecular formula is C13H12Cl2N4O2S2. The smallest absolute Gasteiger partial charge is 0.234 e. The second-order valence-corrected chi connectivity index (χ2v) is 7.28. The quantitative estimate of drug-likeness (QED) is 0.576. The Morgan fingerprint density at radius 3 is 2.70 bits per heavy atom. The van der Waals surface area contributed by atoms with Crippen LogP contribution in [0.5, 0.6) is 0 Å². The van der Waals surface area contributed by atoms with E-state index < -0.39 is 0 Å². The van der Waals surface area contributed by atoms with Gasteiger partial charge in [0.05, 0.1) is 16.5 Å². The summed E-state index contributed by atoms with van der Waals surface area (Å²) in [6.07, 6.45) is 0.367. The summed E-state index contributed by atoms with van der Waals surface area (Å²) in [6.45, 7) is 1.75. The molecule has 0 aliphatic heterocycles. The molecule has 2 amide bonds. The van der Waals surface area contributed by atoms with Gasteiger partial charge in [0.15, 0.2) is 4.34 Å². The van der Waals surface area contributed by atoms with Crippen molar-refractivity contribution in [3.8, 4) is 0 Å². The highest BCUT2D eigenvalue weighted by molar-refractivity contribution is 8.01. The lowest BCUT2D eigenvalue weighted by Gasteiger charge is -2.06. The van der Waals surface area contributed by atoms with Gasteiger partial charge in [-0.3, -0.25) is 9.59 Å². The molecule has 0 unspecified atom stereocenters. The summed E-state index contributed by atoms with van der Waals surface area (Å²) in [5.41, 5.74) is 0.495. The molecule has 0 saturated heterocycles. The number of hydrogen-bond acceptors (Lipinski definition) is 6. The van der Waals surface area contributed by atoms with Crippen LogP contribution in [-0.4, -0.2) is 27.8 Å². The summed E-state index contributed by atoms with van der Waals surface area (Å²) in [5.74, 6) is -0.212. The van der Waals surface area contributed by atoms with E-state index in [0.29, 0.717) is 31.6 Å². The van der Waals surface area contributed by atoms with E-state index >= 15 is 0 Å². The zero-order valence-electron chi connectivity index (χ0n) is 11.9. The Bertz CT molecular complexity index is 724. The molecule has 0 spiro atoms. The van der Waals surface area contributed by atoms with Gasteiger partial charge in [0.25, 0.3) is 0 Å². The molecule has 0 aliphatic carbocycles. The van der Waals surface area contributed by atoms with Crippen LogP contribution in [0.25, 0.3) is 0 Å². The van der Waals surface area contributed by atoms with Gasteiger partial charge in [-0.2, -0.15) is 0 Å². The van der Waals surface area contributed by atoms with Crippen LogP contribution < -0.4 is 10.6 Å². The lowest BCUT2D eigenvalue weighted by molar-refractivity contribution is -0.116. The highest BCUT2D eigenvalue weighted by Crippen LogP contribution is 2.27. The Morgan fingerprint density at radius 2 is 2.00 bits per heavy atom. The summed E-state index contributed by atoms with van der Waals surface area (Å²) in [4.78, 5) is 23.2. The van der Waals surface area contributed by atoms with E-state index in [1.54, 1.807) is 25.1 Å². The fourth-order valence-electron chi connectivity index (χ4n) is 1.43. The second kappa shape index (κ2) is 8.49. The average Bonchev–Trinajstić information content (AvgIpc) is 2.95. The van der Waals surface area contributed by atoms with Crippen LogP contribution in [0.1, 0.15) is 13.3 Å². The molecule has 0 saturated carbocycles. The number of nitrogens with one attached hydrogen (secondary N) is 2. The molecule has 6 nitrogen and oxygen atoms in total. The fourth-order valence-corrected chi connectivity index (χ4v) is 3.45. The maximum Gasteiger partial charge on any atom is 0.234 e. The molecule has 1 aromatic heterocycles. The number of hydrogen-bond donors (Lipinski definition) is 2. The molecule has 10 heteroatoms. The summed E-state index contributed by atoms with van der Waals surface area (Å²) >= 11 is 14.2. The molecule has 0 atom stereocenters.